The van der Waals surface area contributed by atoms with E-state index in [1.807, 2.05) is 25.7 Å². The minimum Gasteiger partial charge on any atom is -0.496 e. The summed E-state index contributed by atoms with van der Waals surface area (Å²) in [7, 11) is 1.71. The van der Waals surface area contributed by atoms with E-state index < -0.39 is 5.60 Å². The van der Waals surface area contributed by atoms with Crippen molar-refractivity contribution in [3.8, 4) is 5.75 Å². The Morgan fingerprint density at radius 1 is 1.15 bits per heavy atom. The summed E-state index contributed by atoms with van der Waals surface area (Å²) in [4.78, 5) is 14.7. The fourth-order valence-corrected chi connectivity index (χ4v) is 4.18. The summed E-state index contributed by atoms with van der Waals surface area (Å²) in [5.41, 5.74) is 4.54. The molecule has 142 valence electrons. The maximum Gasteiger partial charge on any atom is 0.411 e. The molecule has 1 aromatic rings. The third-order valence-corrected chi connectivity index (χ3v) is 5.33. The molecule has 1 fully saturated rings. The van der Waals surface area contributed by atoms with Crippen molar-refractivity contribution in [2.24, 2.45) is 0 Å². The number of carbonyl (C=O) groups is 1. The highest BCUT2D eigenvalue weighted by Crippen LogP contribution is 2.39. The number of methoxy groups -OCH3 is 1. The number of nitrogens with zero attached hydrogens (tertiary/aromatic N) is 1. The van der Waals surface area contributed by atoms with Crippen molar-refractivity contribution in [3.63, 3.8) is 0 Å². The van der Waals surface area contributed by atoms with Gasteiger partial charge in [0.05, 0.1) is 13.2 Å². The van der Waals surface area contributed by atoms with Crippen LogP contribution in [0.3, 0.4) is 0 Å². The van der Waals surface area contributed by atoms with Crippen molar-refractivity contribution < 1.29 is 14.3 Å². The largest absolute Gasteiger partial charge is 0.496 e. The highest BCUT2D eigenvalue weighted by atomic mass is 16.6. The van der Waals surface area contributed by atoms with Crippen LogP contribution in [0.5, 0.6) is 5.75 Å². The summed E-state index contributed by atoms with van der Waals surface area (Å²) in [5.74, 6) is 0.929. The lowest BCUT2D eigenvalue weighted by Gasteiger charge is -2.45. The topological polar surface area (TPSA) is 38.8 Å². The molecule has 2 atom stereocenters. The Morgan fingerprint density at radius 2 is 1.88 bits per heavy atom. The van der Waals surface area contributed by atoms with Crippen LogP contribution in [0.2, 0.25) is 0 Å². The number of carbonyl (C=O) groups excluding carboxylic acids is 1. The molecule has 2 aliphatic heterocycles. The lowest BCUT2D eigenvalue weighted by Crippen LogP contribution is -2.53. The molecule has 0 saturated carbocycles. The molecule has 2 aliphatic rings. The van der Waals surface area contributed by atoms with E-state index in [9.17, 15) is 4.79 Å². The van der Waals surface area contributed by atoms with Gasteiger partial charge in [0.25, 0.3) is 0 Å². The van der Waals surface area contributed by atoms with Crippen molar-refractivity contribution in [1.29, 1.82) is 0 Å². The van der Waals surface area contributed by atoms with Crippen LogP contribution in [0.25, 0.3) is 5.57 Å². The summed E-state index contributed by atoms with van der Waals surface area (Å²) in [5, 5.41) is 0. The minimum absolute atomic E-state index is 0.133. The van der Waals surface area contributed by atoms with Crippen LogP contribution in [-0.4, -0.2) is 35.8 Å². The van der Waals surface area contributed by atoms with Crippen LogP contribution in [0, 0.1) is 13.8 Å². The first-order valence-electron chi connectivity index (χ1n) is 9.57. The molecule has 1 amide bonds. The molecular formula is C22H31NO3. The molecule has 2 heterocycles. The Bertz CT molecular complexity index is 730. The quantitative estimate of drug-likeness (QED) is 0.725. The van der Waals surface area contributed by atoms with Gasteiger partial charge in [0.2, 0.25) is 0 Å². The smallest absolute Gasteiger partial charge is 0.411 e. The number of ether oxygens (including phenoxy) is 2. The van der Waals surface area contributed by atoms with Crippen molar-refractivity contribution >= 4 is 11.7 Å². The molecule has 0 aromatic heterocycles. The average molecular weight is 357 g/mol. The first-order valence-corrected chi connectivity index (χ1v) is 9.57. The van der Waals surface area contributed by atoms with E-state index in [1.54, 1.807) is 7.11 Å². The normalized spacial score (nSPS) is 22.7. The van der Waals surface area contributed by atoms with Crippen molar-refractivity contribution in [3.05, 3.63) is 34.9 Å². The molecule has 2 bridgehead atoms. The van der Waals surface area contributed by atoms with Gasteiger partial charge in [-0.2, -0.15) is 0 Å². The molecule has 0 N–H and O–H groups in total. The minimum atomic E-state index is -0.459. The predicted octanol–water partition coefficient (Wildman–Crippen LogP) is 5.26. The maximum atomic E-state index is 12.7. The van der Waals surface area contributed by atoms with E-state index in [0.717, 1.165) is 30.6 Å². The summed E-state index contributed by atoms with van der Waals surface area (Å²) >= 11 is 0. The second-order valence-electron chi connectivity index (χ2n) is 8.57. The van der Waals surface area contributed by atoms with Gasteiger partial charge in [-0.25, -0.2) is 4.79 Å². The molecule has 3 rings (SSSR count). The van der Waals surface area contributed by atoms with Crippen LogP contribution >= 0.6 is 0 Å². The Morgan fingerprint density at radius 3 is 2.50 bits per heavy atom. The van der Waals surface area contributed by atoms with Gasteiger partial charge in [-0.15, -0.1) is 0 Å². The third-order valence-electron chi connectivity index (χ3n) is 5.33. The summed E-state index contributed by atoms with van der Waals surface area (Å²) < 4.78 is 11.1. The van der Waals surface area contributed by atoms with Crippen LogP contribution < -0.4 is 4.74 Å². The van der Waals surface area contributed by atoms with E-state index in [4.69, 9.17) is 9.47 Å². The first kappa shape index (κ1) is 18.8. The first-order chi connectivity index (χ1) is 12.2. The van der Waals surface area contributed by atoms with Crippen LogP contribution in [-0.2, 0) is 4.74 Å². The molecule has 0 aliphatic carbocycles. The number of fused-ring (bicyclic) bond motifs is 2. The fourth-order valence-electron chi connectivity index (χ4n) is 4.18. The molecule has 0 radical (unpaired) electrons. The second-order valence-corrected chi connectivity index (χ2v) is 8.57. The summed E-state index contributed by atoms with van der Waals surface area (Å²) in [6.07, 6.45) is 6.22. The zero-order valence-electron chi connectivity index (χ0n) is 16.9. The van der Waals surface area contributed by atoms with E-state index in [0.29, 0.717) is 0 Å². The Balaban J connectivity index is 1.91. The Hall–Kier alpha value is -1.97. The number of rotatable bonds is 2. The molecule has 26 heavy (non-hydrogen) atoms. The summed E-state index contributed by atoms with van der Waals surface area (Å²) in [6, 6.07) is 4.69. The van der Waals surface area contributed by atoms with E-state index in [2.05, 4.69) is 32.1 Å². The molecule has 2 unspecified atom stereocenters. The second kappa shape index (κ2) is 6.98. The van der Waals surface area contributed by atoms with Gasteiger partial charge in [-0.05, 0) is 94.7 Å². The van der Waals surface area contributed by atoms with Gasteiger partial charge in [0.15, 0.2) is 0 Å². The molecule has 0 spiro atoms. The zero-order valence-corrected chi connectivity index (χ0v) is 16.9. The van der Waals surface area contributed by atoms with Crippen molar-refractivity contribution in [2.45, 2.75) is 78.0 Å². The lowest BCUT2D eigenvalue weighted by atomic mass is 9.82. The monoisotopic (exact) mass is 357 g/mol. The number of amides is 1. The van der Waals surface area contributed by atoms with Crippen LogP contribution in [0.15, 0.2) is 18.2 Å². The van der Waals surface area contributed by atoms with Crippen molar-refractivity contribution in [1.82, 2.24) is 4.90 Å². The van der Waals surface area contributed by atoms with Gasteiger partial charge in [0, 0.05) is 6.04 Å². The molecule has 1 saturated heterocycles. The average Bonchev–Trinajstić information content (AvgIpc) is 2.53. The SMILES string of the molecule is COc1cc(C)c(C2=CC3CCCC(C2)N3C(=O)OC(C)(C)C)cc1C. The predicted molar refractivity (Wildman–Crippen MR) is 105 cm³/mol. The maximum absolute atomic E-state index is 12.7. The van der Waals surface area contributed by atoms with Gasteiger partial charge in [0.1, 0.15) is 11.4 Å². The third kappa shape index (κ3) is 3.74. The molecule has 4 nitrogen and oxygen atoms in total. The molecule has 1 aromatic carbocycles. The molecule has 4 heteroatoms. The number of hydrogen-bond acceptors (Lipinski definition) is 3. The highest BCUT2D eigenvalue weighted by molar-refractivity contribution is 5.76. The number of benzene rings is 1. The Labute approximate surface area is 157 Å². The zero-order chi connectivity index (χ0) is 19.1. The van der Waals surface area contributed by atoms with E-state index in [-0.39, 0.29) is 18.2 Å². The number of hydrogen-bond donors (Lipinski definition) is 0. The molecular weight excluding hydrogens is 326 g/mol. The fraction of sp³-hybridized carbons (Fsp3) is 0.591. The number of piperidine rings is 1. The van der Waals surface area contributed by atoms with Gasteiger partial charge >= 0.3 is 6.09 Å². The van der Waals surface area contributed by atoms with Gasteiger partial charge < -0.3 is 9.47 Å². The van der Waals surface area contributed by atoms with Gasteiger partial charge in [-0.1, -0.05) is 6.08 Å². The van der Waals surface area contributed by atoms with Crippen LogP contribution in [0.1, 0.15) is 63.1 Å². The van der Waals surface area contributed by atoms with Crippen molar-refractivity contribution in [2.75, 3.05) is 7.11 Å². The highest BCUT2D eigenvalue weighted by Gasteiger charge is 2.39. The van der Waals surface area contributed by atoms with E-state index >= 15 is 0 Å². The standard InChI is InChI=1S/C22H31NO3/c1-14-11-20(25-6)15(2)10-19(14)16-12-17-8-7-9-18(13-16)23(17)21(24)26-22(3,4)5/h10-12,17-18H,7-9,13H2,1-6H3. The van der Waals surface area contributed by atoms with Crippen LogP contribution in [0.4, 0.5) is 4.79 Å². The van der Waals surface area contributed by atoms with Gasteiger partial charge in [-0.3, -0.25) is 4.90 Å². The number of aryl methyl sites for hydroxylation is 2. The lowest BCUT2D eigenvalue weighted by molar-refractivity contribution is 0.0000849. The summed E-state index contributed by atoms with van der Waals surface area (Å²) in [6.45, 7) is 9.99. The van der Waals surface area contributed by atoms with E-state index in [1.165, 1.54) is 23.1 Å². The Kier molecular flexibility index (Phi) is 5.05.